The number of benzene rings is 2. The molecule has 0 radical (unpaired) electrons. The Balaban J connectivity index is 1.77. The van der Waals surface area contributed by atoms with Crippen molar-refractivity contribution in [1.29, 1.82) is 0 Å². The van der Waals surface area contributed by atoms with Crippen LogP contribution in [0.3, 0.4) is 0 Å². The summed E-state index contributed by atoms with van der Waals surface area (Å²) in [4.78, 5) is 25.0. The van der Waals surface area contributed by atoms with Gasteiger partial charge in [0, 0.05) is 19.3 Å². The number of aliphatic imine (C=N–C) groups is 2. The molecule has 184 valence electrons. The molecule has 3 rings (SSSR count). The third-order valence-corrected chi connectivity index (χ3v) is 5.41. The first-order chi connectivity index (χ1) is 17.0. The summed E-state index contributed by atoms with van der Waals surface area (Å²) in [6.45, 7) is 8.48. The maximum absolute atomic E-state index is 13.0. The normalized spacial score (nSPS) is 14.1. The number of hydrogen-bond acceptors (Lipinski definition) is 6. The number of rotatable bonds is 11. The van der Waals surface area contributed by atoms with E-state index in [2.05, 4.69) is 21.9 Å². The van der Waals surface area contributed by atoms with Gasteiger partial charge in [-0.1, -0.05) is 36.9 Å². The van der Waals surface area contributed by atoms with Crippen molar-refractivity contribution in [1.82, 2.24) is 15.1 Å². The number of nitrogens with zero attached hydrogens (tertiary/aromatic N) is 4. The van der Waals surface area contributed by atoms with Gasteiger partial charge in [-0.25, -0.2) is 4.79 Å². The van der Waals surface area contributed by atoms with E-state index >= 15 is 0 Å². The summed E-state index contributed by atoms with van der Waals surface area (Å²) in [6, 6.07) is 15.0. The summed E-state index contributed by atoms with van der Waals surface area (Å²) in [5.74, 6) is 2.59. The number of ether oxygens (including phenoxy) is 2. The number of hydrogen-bond donors (Lipinski definition) is 1. The molecule has 1 aliphatic heterocycles. The fraction of sp³-hybridized carbons (Fsp3) is 0.296. The van der Waals surface area contributed by atoms with Crippen LogP contribution in [-0.4, -0.2) is 55.3 Å². The number of carbonyl (C=O) groups excluding carboxylic acids is 1. The zero-order valence-corrected chi connectivity index (χ0v) is 20.6. The molecule has 0 aliphatic carbocycles. The fourth-order valence-electron chi connectivity index (χ4n) is 3.47. The highest BCUT2D eigenvalue weighted by atomic mass is 16.5. The number of nitrogens with one attached hydrogen (secondary N) is 1. The summed E-state index contributed by atoms with van der Waals surface area (Å²) in [6.07, 6.45) is 6.50. The highest BCUT2D eigenvalue weighted by Gasteiger charge is 2.30. The molecule has 0 atom stereocenters. The molecule has 1 heterocycles. The van der Waals surface area contributed by atoms with Gasteiger partial charge in [-0.15, -0.1) is 0 Å². The fourth-order valence-corrected chi connectivity index (χ4v) is 3.47. The van der Waals surface area contributed by atoms with Gasteiger partial charge in [0.1, 0.15) is 17.3 Å². The Bertz CT molecular complexity index is 1080. The minimum atomic E-state index is -0.357. The van der Waals surface area contributed by atoms with Crippen LogP contribution in [0.15, 0.2) is 83.1 Å². The second-order valence-corrected chi connectivity index (χ2v) is 7.79. The number of guanidine groups is 1. The Hall–Kier alpha value is -4.07. The summed E-state index contributed by atoms with van der Waals surface area (Å²) >= 11 is 0. The van der Waals surface area contributed by atoms with E-state index in [-0.39, 0.29) is 6.03 Å². The zero-order valence-electron chi connectivity index (χ0n) is 20.6. The topological polar surface area (TPSA) is 78.8 Å². The molecule has 35 heavy (non-hydrogen) atoms. The lowest BCUT2D eigenvalue weighted by molar-refractivity contribution is 0.197. The van der Waals surface area contributed by atoms with Crippen LogP contribution in [0, 0.1) is 0 Å². The average Bonchev–Trinajstić information content (AvgIpc) is 2.88. The molecule has 2 aromatic carbocycles. The SMILES string of the molecule is C=C1N(Cc2ccc(OC)cc2)C(=O)N=C(NCC/C=C\C=N/CC)N1Cc1ccc(OC)cc1. The van der Waals surface area contributed by atoms with Crippen LogP contribution >= 0.6 is 0 Å². The van der Waals surface area contributed by atoms with Crippen molar-refractivity contribution < 1.29 is 14.3 Å². The van der Waals surface area contributed by atoms with E-state index in [1.54, 1.807) is 25.3 Å². The van der Waals surface area contributed by atoms with Gasteiger partial charge in [-0.3, -0.25) is 14.8 Å². The smallest absolute Gasteiger partial charge is 0.352 e. The maximum atomic E-state index is 13.0. The first kappa shape index (κ1) is 25.6. The van der Waals surface area contributed by atoms with Crippen LogP contribution in [0.5, 0.6) is 11.5 Å². The standard InChI is InChI=1S/C27H33N5O3/c1-5-28-17-7-6-8-18-29-26-30-27(33)32(20-23-11-15-25(35-4)16-12-23)21(2)31(26)19-22-9-13-24(34-3)14-10-22/h6-7,9-17H,2,5,8,18-20H2,1,3-4H3,(H,29,30,33)/b7-6-,28-17-. The van der Waals surface area contributed by atoms with Crippen LogP contribution in [0.4, 0.5) is 4.79 Å². The van der Waals surface area contributed by atoms with Gasteiger partial charge >= 0.3 is 6.03 Å². The van der Waals surface area contributed by atoms with Crippen LogP contribution in [0.25, 0.3) is 0 Å². The molecule has 1 aliphatic rings. The Morgan fingerprint density at radius 3 is 2.09 bits per heavy atom. The quantitative estimate of drug-likeness (QED) is 0.380. The highest BCUT2D eigenvalue weighted by molar-refractivity contribution is 5.96. The molecule has 0 bridgehead atoms. The predicted molar refractivity (Wildman–Crippen MR) is 140 cm³/mol. The molecule has 0 unspecified atom stereocenters. The van der Waals surface area contributed by atoms with Crippen molar-refractivity contribution >= 4 is 18.2 Å². The first-order valence-electron chi connectivity index (χ1n) is 11.6. The van der Waals surface area contributed by atoms with Crippen molar-refractivity contribution in [3.05, 3.63) is 84.2 Å². The van der Waals surface area contributed by atoms with Gasteiger partial charge in [-0.05, 0) is 54.8 Å². The summed E-state index contributed by atoms with van der Waals surface area (Å²) < 4.78 is 10.5. The highest BCUT2D eigenvalue weighted by Crippen LogP contribution is 2.24. The predicted octanol–water partition coefficient (Wildman–Crippen LogP) is 4.60. The third kappa shape index (κ3) is 7.20. The lowest BCUT2D eigenvalue weighted by Crippen LogP contribution is -2.50. The van der Waals surface area contributed by atoms with Crippen LogP contribution in [-0.2, 0) is 13.1 Å². The molecular formula is C27H33N5O3. The van der Waals surface area contributed by atoms with Crippen molar-refractivity contribution in [3.8, 4) is 11.5 Å². The molecule has 2 aromatic rings. The first-order valence-corrected chi connectivity index (χ1v) is 11.6. The van der Waals surface area contributed by atoms with Gasteiger partial charge in [-0.2, -0.15) is 4.99 Å². The zero-order chi connectivity index (χ0) is 25.0. The van der Waals surface area contributed by atoms with Gasteiger partial charge in [0.15, 0.2) is 0 Å². The number of carbonyl (C=O) groups is 1. The summed E-state index contributed by atoms with van der Waals surface area (Å²) in [5.41, 5.74) is 1.99. The molecular weight excluding hydrogens is 442 g/mol. The molecule has 0 aromatic heterocycles. The largest absolute Gasteiger partial charge is 0.497 e. The second-order valence-electron chi connectivity index (χ2n) is 7.79. The third-order valence-electron chi connectivity index (χ3n) is 5.41. The number of allylic oxidation sites excluding steroid dienone is 1. The second kappa shape index (κ2) is 13.0. The van der Waals surface area contributed by atoms with E-state index in [1.807, 2.05) is 72.5 Å². The van der Waals surface area contributed by atoms with Crippen molar-refractivity contribution in [2.45, 2.75) is 26.4 Å². The van der Waals surface area contributed by atoms with E-state index in [0.29, 0.717) is 31.4 Å². The van der Waals surface area contributed by atoms with Crippen molar-refractivity contribution in [3.63, 3.8) is 0 Å². The number of amides is 2. The lowest BCUT2D eigenvalue weighted by atomic mass is 10.2. The van der Waals surface area contributed by atoms with Crippen molar-refractivity contribution in [2.24, 2.45) is 9.98 Å². The average molecular weight is 476 g/mol. The van der Waals surface area contributed by atoms with Gasteiger partial charge in [0.25, 0.3) is 0 Å². The number of methoxy groups -OCH3 is 2. The van der Waals surface area contributed by atoms with Crippen LogP contribution < -0.4 is 14.8 Å². The summed E-state index contributed by atoms with van der Waals surface area (Å²) in [5, 5.41) is 3.30. The number of urea groups is 1. The van der Waals surface area contributed by atoms with Gasteiger partial charge in [0.2, 0.25) is 5.96 Å². The molecule has 0 fully saturated rings. The van der Waals surface area contributed by atoms with E-state index in [9.17, 15) is 4.79 Å². The molecule has 1 N–H and O–H groups in total. The van der Waals surface area contributed by atoms with Gasteiger partial charge < -0.3 is 14.8 Å². The minimum absolute atomic E-state index is 0.357. The molecule has 0 saturated carbocycles. The van der Waals surface area contributed by atoms with Crippen molar-refractivity contribution in [2.75, 3.05) is 27.3 Å². The van der Waals surface area contributed by atoms with E-state index in [0.717, 1.165) is 35.6 Å². The Labute approximate surface area is 207 Å². The Morgan fingerprint density at radius 1 is 0.971 bits per heavy atom. The van der Waals surface area contributed by atoms with E-state index in [4.69, 9.17) is 9.47 Å². The molecule has 0 saturated heterocycles. The summed E-state index contributed by atoms with van der Waals surface area (Å²) in [7, 11) is 3.27. The molecule has 8 nitrogen and oxygen atoms in total. The van der Waals surface area contributed by atoms with E-state index in [1.165, 1.54) is 0 Å². The molecule has 0 spiro atoms. The molecule has 2 amide bonds. The maximum Gasteiger partial charge on any atom is 0.352 e. The minimum Gasteiger partial charge on any atom is -0.497 e. The Kier molecular flexibility index (Phi) is 9.48. The van der Waals surface area contributed by atoms with Crippen LogP contribution in [0.1, 0.15) is 24.5 Å². The van der Waals surface area contributed by atoms with E-state index < -0.39 is 0 Å². The molecule has 8 heteroatoms. The lowest BCUT2D eigenvalue weighted by Gasteiger charge is -2.37. The Morgan fingerprint density at radius 2 is 1.54 bits per heavy atom. The van der Waals surface area contributed by atoms with Gasteiger partial charge in [0.05, 0.1) is 27.3 Å². The van der Waals surface area contributed by atoms with Crippen LogP contribution in [0.2, 0.25) is 0 Å². The monoisotopic (exact) mass is 475 g/mol.